The lowest BCUT2D eigenvalue weighted by molar-refractivity contribution is -0.121. The number of para-hydroxylation sites is 2. The standard InChI is InChI=1S/C19H25N3O4/c1-19(2,3)26-18(25)21-10-8-20(9-11-21)15-6-4-5-7-16(15)22-13-14(23)12-17(22)24/h4-7H,8-13H2,1-3H3. The number of Topliss-reactive ketones (excluding diaryl/α,β-unsaturated/α-hetero) is 1. The summed E-state index contributed by atoms with van der Waals surface area (Å²) in [5.41, 5.74) is 1.16. The number of hydrogen-bond donors (Lipinski definition) is 0. The summed E-state index contributed by atoms with van der Waals surface area (Å²) in [4.78, 5) is 41.3. The van der Waals surface area contributed by atoms with Gasteiger partial charge >= 0.3 is 6.09 Å². The van der Waals surface area contributed by atoms with Crippen molar-refractivity contribution in [3.05, 3.63) is 24.3 Å². The van der Waals surface area contributed by atoms with Gasteiger partial charge < -0.3 is 19.4 Å². The van der Waals surface area contributed by atoms with E-state index in [1.165, 1.54) is 0 Å². The highest BCUT2D eigenvalue weighted by molar-refractivity contribution is 6.16. The summed E-state index contributed by atoms with van der Waals surface area (Å²) in [6.45, 7) is 8.08. The van der Waals surface area contributed by atoms with Gasteiger partial charge in [-0.2, -0.15) is 0 Å². The Labute approximate surface area is 153 Å². The number of piperazine rings is 1. The second kappa shape index (κ2) is 6.97. The average Bonchev–Trinajstić information content (AvgIpc) is 2.92. The molecule has 0 saturated carbocycles. The molecule has 140 valence electrons. The third kappa shape index (κ3) is 3.98. The number of carbonyl (C=O) groups excluding carboxylic acids is 3. The first kappa shape index (κ1) is 18.2. The molecule has 0 aliphatic carbocycles. The molecule has 26 heavy (non-hydrogen) atoms. The summed E-state index contributed by atoms with van der Waals surface area (Å²) < 4.78 is 5.43. The predicted octanol–water partition coefficient (Wildman–Crippen LogP) is 2.05. The summed E-state index contributed by atoms with van der Waals surface area (Å²) in [6.07, 6.45) is -0.327. The maximum absolute atomic E-state index is 12.2. The van der Waals surface area contributed by atoms with Gasteiger partial charge in [-0.1, -0.05) is 12.1 Å². The number of ether oxygens (including phenoxy) is 1. The molecule has 0 spiro atoms. The van der Waals surface area contributed by atoms with Gasteiger partial charge in [-0.15, -0.1) is 0 Å². The van der Waals surface area contributed by atoms with Crippen LogP contribution < -0.4 is 9.80 Å². The summed E-state index contributed by atoms with van der Waals surface area (Å²) in [5, 5.41) is 0. The van der Waals surface area contributed by atoms with Gasteiger partial charge in [0, 0.05) is 26.2 Å². The van der Waals surface area contributed by atoms with Crippen LogP contribution in [-0.2, 0) is 14.3 Å². The van der Waals surface area contributed by atoms with Crippen molar-refractivity contribution in [3.63, 3.8) is 0 Å². The molecule has 1 aromatic rings. The van der Waals surface area contributed by atoms with Crippen molar-refractivity contribution in [2.75, 3.05) is 42.5 Å². The van der Waals surface area contributed by atoms with Gasteiger partial charge in [0.25, 0.3) is 0 Å². The van der Waals surface area contributed by atoms with Crippen LogP contribution in [0.5, 0.6) is 0 Å². The van der Waals surface area contributed by atoms with Gasteiger partial charge in [0.2, 0.25) is 5.91 Å². The van der Waals surface area contributed by atoms with E-state index < -0.39 is 5.60 Å². The smallest absolute Gasteiger partial charge is 0.410 e. The van der Waals surface area contributed by atoms with Crippen molar-refractivity contribution in [2.45, 2.75) is 32.8 Å². The van der Waals surface area contributed by atoms with E-state index in [-0.39, 0.29) is 30.7 Å². The van der Waals surface area contributed by atoms with Crippen LogP contribution in [0.4, 0.5) is 16.2 Å². The van der Waals surface area contributed by atoms with E-state index in [0.717, 1.165) is 11.4 Å². The minimum atomic E-state index is -0.510. The maximum Gasteiger partial charge on any atom is 0.410 e. The zero-order chi connectivity index (χ0) is 18.9. The van der Waals surface area contributed by atoms with E-state index in [2.05, 4.69) is 4.90 Å². The average molecular weight is 359 g/mol. The lowest BCUT2D eigenvalue weighted by Crippen LogP contribution is -2.50. The topological polar surface area (TPSA) is 70.2 Å². The Morgan fingerprint density at radius 1 is 1.00 bits per heavy atom. The molecule has 0 radical (unpaired) electrons. The van der Waals surface area contributed by atoms with E-state index >= 15 is 0 Å². The van der Waals surface area contributed by atoms with Crippen LogP contribution in [0.25, 0.3) is 0 Å². The highest BCUT2D eigenvalue weighted by Crippen LogP contribution is 2.32. The third-order valence-electron chi connectivity index (χ3n) is 4.43. The number of nitrogens with zero attached hydrogens (tertiary/aromatic N) is 3. The van der Waals surface area contributed by atoms with Crippen LogP contribution in [0.2, 0.25) is 0 Å². The van der Waals surface area contributed by atoms with Crippen LogP contribution in [0.1, 0.15) is 27.2 Å². The predicted molar refractivity (Wildman–Crippen MR) is 98.4 cm³/mol. The maximum atomic E-state index is 12.2. The fourth-order valence-electron chi connectivity index (χ4n) is 3.22. The van der Waals surface area contributed by atoms with Gasteiger partial charge in [0.15, 0.2) is 5.78 Å². The largest absolute Gasteiger partial charge is 0.444 e. The number of anilines is 2. The minimum absolute atomic E-state index is 0.0270. The number of carbonyl (C=O) groups is 3. The Balaban J connectivity index is 1.70. The molecular weight excluding hydrogens is 334 g/mol. The van der Waals surface area contributed by atoms with Crippen LogP contribution in [-0.4, -0.2) is 61.0 Å². The fourth-order valence-corrected chi connectivity index (χ4v) is 3.22. The van der Waals surface area contributed by atoms with Gasteiger partial charge in [-0.3, -0.25) is 9.59 Å². The Hall–Kier alpha value is -2.57. The molecule has 2 aliphatic rings. The Kier molecular flexibility index (Phi) is 4.89. The Morgan fingerprint density at radius 3 is 2.15 bits per heavy atom. The van der Waals surface area contributed by atoms with Crippen LogP contribution in [0.15, 0.2) is 24.3 Å². The summed E-state index contributed by atoms with van der Waals surface area (Å²) in [6, 6.07) is 7.61. The molecule has 2 heterocycles. The first-order chi connectivity index (χ1) is 12.2. The second-order valence-corrected chi connectivity index (χ2v) is 7.64. The number of benzene rings is 1. The van der Waals surface area contributed by atoms with Gasteiger partial charge in [-0.25, -0.2) is 4.79 Å². The monoisotopic (exact) mass is 359 g/mol. The van der Waals surface area contributed by atoms with Crippen LogP contribution >= 0.6 is 0 Å². The summed E-state index contributed by atoms with van der Waals surface area (Å²) in [5.74, 6) is -0.214. The van der Waals surface area contributed by atoms with E-state index in [1.807, 2.05) is 45.0 Å². The second-order valence-electron chi connectivity index (χ2n) is 7.64. The first-order valence-electron chi connectivity index (χ1n) is 8.88. The molecule has 7 heteroatoms. The van der Waals surface area contributed by atoms with E-state index in [9.17, 15) is 14.4 Å². The summed E-state index contributed by atoms with van der Waals surface area (Å²) >= 11 is 0. The molecule has 1 aromatic carbocycles. The zero-order valence-electron chi connectivity index (χ0n) is 15.5. The molecule has 0 unspecified atom stereocenters. The molecule has 3 rings (SSSR count). The Morgan fingerprint density at radius 2 is 1.62 bits per heavy atom. The highest BCUT2D eigenvalue weighted by Gasteiger charge is 2.32. The highest BCUT2D eigenvalue weighted by atomic mass is 16.6. The van der Waals surface area contributed by atoms with Crippen molar-refractivity contribution in [2.24, 2.45) is 0 Å². The minimum Gasteiger partial charge on any atom is -0.444 e. The van der Waals surface area contributed by atoms with Crippen molar-refractivity contribution < 1.29 is 19.1 Å². The number of ketones is 1. The van der Waals surface area contributed by atoms with Gasteiger partial charge in [0.05, 0.1) is 24.3 Å². The lowest BCUT2D eigenvalue weighted by Gasteiger charge is -2.38. The van der Waals surface area contributed by atoms with Crippen molar-refractivity contribution in [1.82, 2.24) is 4.90 Å². The molecular formula is C19H25N3O4. The van der Waals surface area contributed by atoms with Crippen molar-refractivity contribution in [1.29, 1.82) is 0 Å². The number of hydrogen-bond acceptors (Lipinski definition) is 5. The molecule has 2 amide bonds. The van der Waals surface area contributed by atoms with Crippen LogP contribution in [0.3, 0.4) is 0 Å². The van der Waals surface area contributed by atoms with Gasteiger partial charge in [0.1, 0.15) is 5.60 Å². The number of amides is 2. The molecule has 2 fully saturated rings. The fraction of sp³-hybridized carbons (Fsp3) is 0.526. The van der Waals surface area contributed by atoms with Crippen molar-refractivity contribution in [3.8, 4) is 0 Å². The normalized spacial score (nSPS) is 18.5. The Bertz CT molecular complexity index is 718. The van der Waals surface area contributed by atoms with Crippen LogP contribution in [0, 0.1) is 0 Å². The van der Waals surface area contributed by atoms with E-state index in [4.69, 9.17) is 4.74 Å². The molecule has 0 atom stereocenters. The molecule has 2 aliphatic heterocycles. The lowest BCUT2D eigenvalue weighted by atomic mass is 10.2. The molecule has 0 bridgehead atoms. The van der Waals surface area contributed by atoms with E-state index in [0.29, 0.717) is 26.2 Å². The quantitative estimate of drug-likeness (QED) is 0.756. The molecule has 0 N–H and O–H groups in total. The number of rotatable bonds is 2. The first-order valence-corrected chi connectivity index (χ1v) is 8.88. The van der Waals surface area contributed by atoms with Crippen molar-refractivity contribution >= 4 is 29.2 Å². The van der Waals surface area contributed by atoms with Gasteiger partial charge in [-0.05, 0) is 32.9 Å². The zero-order valence-corrected chi connectivity index (χ0v) is 15.5. The summed E-state index contributed by atoms with van der Waals surface area (Å²) in [7, 11) is 0. The molecule has 2 saturated heterocycles. The van der Waals surface area contributed by atoms with E-state index in [1.54, 1.807) is 9.80 Å². The molecule has 0 aromatic heterocycles. The molecule has 7 nitrogen and oxygen atoms in total. The SMILES string of the molecule is CC(C)(C)OC(=O)N1CCN(c2ccccc2N2CC(=O)CC2=O)CC1. The third-order valence-corrected chi connectivity index (χ3v) is 4.43.